The highest BCUT2D eigenvalue weighted by molar-refractivity contribution is 5.80. The maximum absolute atomic E-state index is 9.33. The molecule has 146 valence electrons. The van der Waals surface area contributed by atoms with Crippen LogP contribution in [0, 0.1) is 5.92 Å². The van der Waals surface area contributed by atoms with Gasteiger partial charge in [0.25, 0.3) is 0 Å². The molecule has 1 aliphatic rings. The number of nitrogens with one attached hydrogen (secondary N) is 2. The minimum absolute atomic E-state index is 0.324. The lowest BCUT2D eigenvalue weighted by Gasteiger charge is -2.34. The standard InChI is InChI=1S/C21H36N4O/c1-4-22-21(23-13-5-6-18-7-9-20(26)10-8-18)24-19-11-14-25(15-12-19)16-17(2)3/h7-10,17,19,26H,4-6,11-16H2,1-3H3,(H2,22,23,24). The lowest BCUT2D eigenvalue weighted by molar-refractivity contribution is 0.187. The van der Waals surface area contributed by atoms with Gasteiger partial charge < -0.3 is 20.6 Å². The summed E-state index contributed by atoms with van der Waals surface area (Å²) in [5.74, 6) is 2.01. The Morgan fingerprint density at radius 1 is 1.23 bits per heavy atom. The molecule has 0 saturated carbocycles. The average molecular weight is 361 g/mol. The lowest BCUT2D eigenvalue weighted by atomic mass is 10.0. The highest BCUT2D eigenvalue weighted by atomic mass is 16.3. The maximum Gasteiger partial charge on any atom is 0.191 e. The van der Waals surface area contributed by atoms with E-state index in [-0.39, 0.29) is 0 Å². The molecule has 5 nitrogen and oxygen atoms in total. The number of benzene rings is 1. The average Bonchev–Trinajstić information content (AvgIpc) is 2.61. The Hall–Kier alpha value is -1.75. The predicted octanol–water partition coefficient (Wildman–Crippen LogP) is 3.00. The lowest BCUT2D eigenvalue weighted by Crippen LogP contribution is -2.49. The molecule has 1 heterocycles. The van der Waals surface area contributed by atoms with Crippen LogP contribution in [0.3, 0.4) is 0 Å². The molecule has 3 N–H and O–H groups in total. The maximum atomic E-state index is 9.33. The normalized spacial score (nSPS) is 16.8. The Balaban J connectivity index is 1.73. The van der Waals surface area contributed by atoms with E-state index >= 15 is 0 Å². The molecule has 1 aliphatic heterocycles. The molecule has 0 atom stereocenters. The number of nitrogens with zero attached hydrogens (tertiary/aromatic N) is 2. The van der Waals surface area contributed by atoms with Crippen LogP contribution in [-0.4, -0.2) is 54.7 Å². The molecule has 0 aromatic heterocycles. The number of aryl methyl sites for hydroxylation is 1. The van der Waals surface area contributed by atoms with Crippen LogP contribution in [0.2, 0.25) is 0 Å². The minimum atomic E-state index is 0.324. The van der Waals surface area contributed by atoms with Gasteiger partial charge in [-0.3, -0.25) is 4.99 Å². The Morgan fingerprint density at radius 2 is 1.92 bits per heavy atom. The second-order valence-electron chi connectivity index (χ2n) is 7.64. The topological polar surface area (TPSA) is 59.9 Å². The first-order valence-electron chi connectivity index (χ1n) is 10.1. The Labute approximate surface area is 158 Å². The largest absolute Gasteiger partial charge is 0.508 e. The summed E-state index contributed by atoms with van der Waals surface area (Å²) in [7, 11) is 0. The summed E-state index contributed by atoms with van der Waals surface area (Å²) >= 11 is 0. The molecular weight excluding hydrogens is 324 g/mol. The van der Waals surface area contributed by atoms with Crippen molar-refractivity contribution in [1.82, 2.24) is 15.5 Å². The molecule has 0 radical (unpaired) electrons. The number of hydrogen-bond donors (Lipinski definition) is 3. The van der Waals surface area contributed by atoms with Crippen LogP contribution in [-0.2, 0) is 6.42 Å². The van der Waals surface area contributed by atoms with Gasteiger partial charge in [-0.2, -0.15) is 0 Å². The molecule has 0 amide bonds. The van der Waals surface area contributed by atoms with E-state index in [1.165, 1.54) is 38.0 Å². The molecule has 0 spiro atoms. The smallest absolute Gasteiger partial charge is 0.191 e. The van der Waals surface area contributed by atoms with Crippen molar-refractivity contribution >= 4 is 5.96 Å². The SMILES string of the molecule is CCNC(=NCCCc1ccc(O)cc1)NC1CCN(CC(C)C)CC1. The highest BCUT2D eigenvalue weighted by Crippen LogP contribution is 2.13. The second-order valence-corrected chi connectivity index (χ2v) is 7.64. The van der Waals surface area contributed by atoms with E-state index in [1.807, 2.05) is 12.1 Å². The van der Waals surface area contributed by atoms with Crippen molar-refractivity contribution in [2.24, 2.45) is 10.9 Å². The van der Waals surface area contributed by atoms with Crippen molar-refractivity contribution in [3.63, 3.8) is 0 Å². The van der Waals surface area contributed by atoms with Gasteiger partial charge in [-0.15, -0.1) is 0 Å². The number of aromatic hydroxyl groups is 1. The number of likely N-dealkylation sites (tertiary alicyclic amines) is 1. The van der Waals surface area contributed by atoms with Crippen molar-refractivity contribution in [2.45, 2.75) is 52.5 Å². The number of phenols is 1. The van der Waals surface area contributed by atoms with E-state index in [2.05, 4.69) is 36.3 Å². The van der Waals surface area contributed by atoms with Gasteiger partial charge >= 0.3 is 0 Å². The summed E-state index contributed by atoms with van der Waals surface area (Å²) in [5.41, 5.74) is 1.24. The van der Waals surface area contributed by atoms with Gasteiger partial charge in [0.2, 0.25) is 0 Å². The van der Waals surface area contributed by atoms with Crippen LogP contribution in [0.5, 0.6) is 5.75 Å². The summed E-state index contributed by atoms with van der Waals surface area (Å²) in [4.78, 5) is 7.31. The Morgan fingerprint density at radius 3 is 2.54 bits per heavy atom. The predicted molar refractivity (Wildman–Crippen MR) is 110 cm³/mol. The Bertz CT molecular complexity index is 533. The summed E-state index contributed by atoms with van der Waals surface area (Å²) in [6.45, 7) is 11.9. The van der Waals surface area contributed by atoms with Gasteiger partial charge in [-0.1, -0.05) is 26.0 Å². The number of guanidine groups is 1. The van der Waals surface area contributed by atoms with Gasteiger partial charge in [0, 0.05) is 38.8 Å². The molecule has 1 saturated heterocycles. The molecule has 0 bridgehead atoms. The third-order valence-corrected chi connectivity index (χ3v) is 4.73. The zero-order valence-electron chi connectivity index (χ0n) is 16.7. The quantitative estimate of drug-likeness (QED) is 0.379. The van der Waals surface area contributed by atoms with Crippen LogP contribution >= 0.6 is 0 Å². The van der Waals surface area contributed by atoms with Crippen molar-refractivity contribution in [1.29, 1.82) is 0 Å². The first-order chi connectivity index (χ1) is 12.6. The van der Waals surface area contributed by atoms with E-state index in [9.17, 15) is 5.11 Å². The van der Waals surface area contributed by atoms with Crippen LogP contribution < -0.4 is 10.6 Å². The molecular formula is C21H36N4O. The van der Waals surface area contributed by atoms with Crippen LogP contribution in [0.25, 0.3) is 0 Å². The third-order valence-electron chi connectivity index (χ3n) is 4.73. The van der Waals surface area contributed by atoms with Crippen LogP contribution in [0.1, 0.15) is 45.6 Å². The van der Waals surface area contributed by atoms with Gasteiger partial charge in [0.15, 0.2) is 5.96 Å². The van der Waals surface area contributed by atoms with Crippen molar-refractivity contribution in [2.75, 3.05) is 32.7 Å². The molecule has 1 fully saturated rings. The number of phenolic OH excluding ortho intramolecular Hbond substituents is 1. The summed E-state index contributed by atoms with van der Waals surface area (Å²) in [6, 6.07) is 7.97. The van der Waals surface area contributed by atoms with Crippen LogP contribution in [0.15, 0.2) is 29.3 Å². The summed E-state index contributed by atoms with van der Waals surface area (Å²) < 4.78 is 0. The summed E-state index contributed by atoms with van der Waals surface area (Å²) in [5, 5.41) is 16.3. The van der Waals surface area contributed by atoms with Gasteiger partial charge in [-0.05, 0) is 56.2 Å². The molecule has 0 unspecified atom stereocenters. The van der Waals surface area contributed by atoms with Crippen molar-refractivity contribution < 1.29 is 5.11 Å². The zero-order chi connectivity index (χ0) is 18.8. The van der Waals surface area contributed by atoms with Gasteiger partial charge in [0.1, 0.15) is 5.75 Å². The monoisotopic (exact) mass is 360 g/mol. The summed E-state index contributed by atoms with van der Waals surface area (Å²) in [6.07, 6.45) is 4.36. The molecule has 1 aromatic rings. The van der Waals surface area contributed by atoms with E-state index in [4.69, 9.17) is 4.99 Å². The first kappa shape index (κ1) is 20.6. The molecule has 5 heteroatoms. The van der Waals surface area contributed by atoms with Crippen molar-refractivity contribution in [3.8, 4) is 5.75 Å². The number of piperidine rings is 1. The molecule has 2 rings (SSSR count). The first-order valence-corrected chi connectivity index (χ1v) is 10.1. The number of aliphatic imine (C=N–C) groups is 1. The zero-order valence-corrected chi connectivity index (χ0v) is 16.7. The van der Waals surface area contributed by atoms with E-state index in [1.54, 1.807) is 12.1 Å². The van der Waals surface area contributed by atoms with E-state index < -0.39 is 0 Å². The van der Waals surface area contributed by atoms with Crippen LogP contribution in [0.4, 0.5) is 0 Å². The van der Waals surface area contributed by atoms with Gasteiger partial charge in [0.05, 0.1) is 0 Å². The Kier molecular flexibility index (Phi) is 8.75. The van der Waals surface area contributed by atoms with Gasteiger partial charge in [-0.25, -0.2) is 0 Å². The molecule has 0 aliphatic carbocycles. The number of hydrogen-bond acceptors (Lipinski definition) is 3. The molecule has 1 aromatic carbocycles. The highest BCUT2D eigenvalue weighted by Gasteiger charge is 2.20. The van der Waals surface area contributed by atoms with Crippen molar-refractivity contribution in [3.05, 3.63) is 29.8 Å². The minimum Gasteiger partial charge on any atom is -0.508 e. The fourth-order valence-electron chi connectivity index (χ4n) is 3.43. The van der Waals surface area contributed by atoms with E-state index in [0.717, 1.165) is 37.8 Å². The third kappa shape index (κ3) is 7.65. The second kappa shape index (κ2) is 11.1. The fourth-order valence-corrected chi connectivity index (χ4v) is 3.43. The number of rotatable bonds is 8. The van der Waals surface area contributed by atoms with E-state index in [0.29, 0.717) is 11.8 Å². The molecule has 26 heavy (non-hydrogen) atoms. The fraction of sp³-hybridized carbons (Fsp3) is 0.667.